The molecule has 0 saturated heterocycles. The van der Waals surface area contributed by atoms with E-state index in [1.807, 2.05) is 0 Å². The highest BCUT2D eigenvalue weighted by atomic mass is 19.4. The Bertz CT molecular complexity index is 267. The lowest BCUT2D eigenvalue weighted by molar-refractivity contribution is -0.138. The molecule has 0 spiro atoms. The highest BCUT2D eigenvalue weighted by Crippen LogP contribution is 2.31. The lowest BCUT2D eigenvalue weighted by Crippen LogP contribution is -2.07. The van der Waals surface area contributed by atoms with Gasteiger partial charge in [-0.15, -0.1) is 6.54 Å². The smallest absolute Gasteiger partial charge is 0.416 e. The van der Waals surface area contributed by atoms with Crippen molar-refractivity contribution >= 4 is 0 Å². The molecular weight excluding hydrogens is 167 g/mol. The van der Waals surface area contributed by atoms with E-state index in [-0.39, 0.29) is 12.1 Å². The van der Waals surface area contributed by atoms with Gasteiger partial charge in [-0.3, -0.25) is 0 Å². The molecule has 1 rings (SSSR count). The van der Waals surface area contributed by atoms with Gasteiger partial charge in [0.15, 0.2) is 0 Å². The molecule has 1 aromatic carbocycles. The van der Waals surface area contributed by atoms with E-state index in [0.29, 0.717) is 0 Å². The monoisotopic (exact) mass is 174 g/mol. The zero-order valence-electron chi connectivity index (χ0n) is 6.15. The van der Waals surface area contributed by atoms with Crippen molar-refractivity contribution in [1.29, 1.82) is 0 Å². The van der Waals surface area contributed by atoms with Crippen LogP contribution in [-0.2, 0) is 12.7 Å². The van der Waals surface area contributed by atoms with Gasteiger partial charge in [0.25, 0.3) is 0 Å². The van der Waals surface area contributed by atoms with E-state index in [1.54, 1.807) is 0 Å². The van der Waals surface area contributed by atoms with Gasteiger partial charge in [0.2, 0.25) is 0 Å². The van der Waals surface area contributed by atoms with Crippen LogP contribution < -0.4 is 0 Å². The second-order valence-corrected chi connectivity index (χ2v) is 2.33. The Balaban J connectivity index is 3.14. The van der Waals surface area contributed by atoms with Gasteiger partial charge in [-0.25, -0.2) is 0 Å². The first kappa shape index (κ1) is 9.06. The minimum absolute atomic E-state index is 0.0185. The first-order valence-corrected chi connectivity index (χ1v) is 3.35. The van der Waals surface area contributed by atoms with Crippen LogP contribution in [0.2, 0.25) is 0 Å². The quantitative estimate of drug-likeness (QED) is 0.624. The summed E-state index contributed by atoms with van der Waals surface area (Å²) >= 11 is 0. The Morgan fingerprint density at radius 1 is 1.17 bits per heavy atom. The van der Waals surface area contributed by atoms with Gasteiger partial charge in [-0.05, 0) is 6.07 Å². The van der Waals surface area contributed by atoms with Crippen molar-refractivity contribution in [3.05, 3.63) is 41.1 Å². The molecule has 0 aliphatic heterocycles. The lowest BCUT2D eigenvalue weighted by Gasteiger charge is -2.12. The third kappa shape index (κ3) is 1.76. The zero-order chi connectivity index (χ0) is 9.19. The number of alkyl halides is 3. The van der Waals surface area contributed by atoms with Crippen molar-refractivity contribution in [2.75, 3.05) is 0 Å². The third-order valence-electron chi connectivity index (χ3n) is 1.51. The molecule has 12 heavy (non-hydrogen) atoms. The fourth-order valence-corrected chi connectivity index (χ4v) is 0.951. The fourth-order valence-electron chi connectivity index (χ4n) is 0.951. The van der Waals surface area contributed by atoms with Crippen LogP contribution in [0.3, 0.4) is 0 Å². The maximum absolute atomic E-state index is 12.2. The van der Waals surface area contributed by atoms with Crippen molar-refractivity contribution < 1.29 is 13.2 Å². The van der Waals surface area contributed by atoms with Gasteiger partial charge in [-0.1, -0.05) is 23.8 Å². The molecule has 0 fully saturated rings. The van der Waals surface area contributed by atoms with Crippen LogP contribution in [0.5, 0.6) is 0 Å². The Morgan fingerprint density at radius 2 is 1.75 bits per heavy atom. The van der Waals surface area contributed by atoms with Gasteiger partial charge < -0.3 is 5.73 Å². The van der Waals surface area contributed by atoms with Gasteiger partial charge >= 0.3 is 6.18 Å². The molecule has 0 bridgehead atoms. The summed E-state index contributed by atoms with van der Waals surface area (Å²) in [5.74, 6) is 0. The van der Waals surface area contributed by atoms with Gasteiger partial charge in [0.1, 0.15) is 0 Å². The topological polar surface area (TPSA) is 23.8 Å². The average molecular weight is 174 g/mol. The molecule has 0 heterocycles. The third-order valence-corrected chi connectivity index (χ3v) is 1.51. The van der Waals surface area contributed by atoms with Crippen molar-refractivity contribution in [3.63, 3.8) is 0 Å². The Morgan fingerprint density at radius 3 is 2.17 bits per heavy atom. The Hall–Kier alpha value is -1.03. The summed E-state index contributed by atoms with van der Waals surface area (Å²) in [6.07, 6.45) is -4.34. The van der Waals surface area contributed by atoms with Crippen molar-refractivity contribution in [1.82, 2.24) is 0 Å². The van der Waals surface area contributed by atoms with Crippen molar-refractivity contribution in [2.24, 2.45) is 0 Å². The number of halogens is 3. The van der Waals surface area contributed by atoms with Crippen molar-refractivity contribution in [3.8, 4) is 0 Å². The van der Waals surface area contributed by atoms with Crippen LogP contribution in [0, 0.1) is 0 Å². The van der Waals surface area contributed by atoms with Crippen LogP contribution in [0.15, 0.2) is 24.3 Å². The van der Waals surface area contributed by atoms with Crippen molar-refractivity contribution in [2.45, 2.75) is 12.7 Å². The van der Waals surface area contributed by atoms with Crippen LogP contribution in [0.4, 0.5) is 13.2 Å². The van der Waals surface area contributed by atoms with Gasteiger partial charge in [-0.2, -0.15) is 13.2 Å². The summed E-state index contributed by atoms with van der Waals surface area (Å²) in [5, 5.41) is 0. The molecule has 0 unspecified atom stereocenters. The molecule has 0 radical (unpaired) electrons. The number of hydrogen-bond acceptors (Lipinski definition) is 0. The minimum atomic E-state index is -4.34. The van der Waals surface area contributed by atoms with Crippen LogP contribution in [0.25, 0.3) is 5.73 Å². The fraction of sp³-hybridized carbons (Fsp3) is 0.250. The van der Waals surface area contributed by atoms with E-state index in [9.17, 15) is 13.2 Å². The van der Waals surface area contributed by atoms with Gasteiger partial charge in [0, 0.05) is 0 Å². The van der Waals surface area contributed by atoms with Gasteiger partial charge in [0.05, 0.1) is 5.56 Å². The second-order valence-electron chi connectivity index (χ2n) is 2.33. The maximum Gasteiger partial charge on any atom is 0.416 e. The molecule has 1 aromatic rings. The predicted molar refractivity (Wildman–Crippen MR) is 39.5 cm³/mol. The second kappa shape index (κ2) is 3.15. The normalized spacial score (nSPS) is 11.7. The van der Waals surface area contributed by atoms with E-state index >= 15 is 0 Å². The summed E-state index contributed by atoms with van der Waals surface area (Å²) in [5.41, 5.74) is 6.17. The van der Waals surface area contributed by atoms with E-state index in [2.05, 4.69) is 0 Å². The summed E-state index contributed by atoms with van der Waals surface area (Å²) in [7, 11) is 0. The standard InChI is InChI=1S/C8H7F3N/c9-8(10,11)7-4-2-1-3-6(7)5-12/h1-4,12H,5H2/q-1. The highest BCUT2D eigenvalue weighted by Gasteiger charge is 2.31. The maximum atomic E-state index is 12.2. The highest BCUT2D eigenvalue weighted by molar-refractivity contribution is 5.30. The molecule has 0 atom stereocenters. The SMILES string of the molecule is [NH-]Cc1ccccc1C(F)(F)F. The summed E-state index contributed by atoms with van der Waals surface area (Å²) in [6, 6.07) is 5.13. The molecule has 1 nitrogen and oxygen atoms in total. The molecule has 1 N–H and O–H groups in total. The zero-order valence-corrected chi connectivity index (χ0v) is 6.15. The summed E-state index contributed by atoms with van der Waals surface area (Å²) < 4.78 is 36.5. The molecule has 66 valence electrons. The number of benzene rings is 1. The van der Waals surface area contributed by atoms with E-state index in [1.165, 1.54) is 18.2 Å². The van der Waals surface area contributed by atoms with E-state index < -0.39 is 11.7 Å². The number of rotatable bonds is 1. The molecule has 0 aliphatic rings. The average Bonchev–Trinajstić information content (AvgIpc) is 2.03. The Kier molecular flexibility index (Phi) is 2.38. The van der Waals surface area contributed by atoms with E-state index in [0.717, 1.165) is 6.07 Å². The first-order valence-electron chi connectivity index (χ1n) is 3.35. The molecule has 4 heteroatoms. The van der Waals surface area contributed by atoms with Crippen LogP contribution >= 0.6 is 0 Å². The number of hydrogen-bond donors (Lipinski definition) is 0. The molecule has 0 saturated carbocycles. The van der Waals surface area contributed by atoms with Crippen LogP contribution in [0.1, 0.15) is 11.1 Å². The van der Waals surface area contributed by atoms with E-state index in [4.69, 9.17) is 5.73 Å². The summed E-state index contributed by atoms with van der Waals surface area (Å²) in [4.78, 5) is 0. The molecule has 0 amide bonds. The number of nitrogens with one attached hydrogen (secondary N) is 1. The molecule has 0 aliphatic carbocycles. The largest absolute Gasteiger partial charge is 0.674 e. The Labute approximate surface area is 68.0 Å². The first-order chi connectivity index (χ1) is 5.55. The molecular formula is C8H7F3N-. The van der Waals surface area contributed by atoms with Crippen LogP contribution in [-0.4, -0.2) is 0 Å². The summed E-state index contributed by atoms with van der Waals surface area (Å²) in [6.45, 7) is -0.338. The minimum Gasteiger partial charge on any atom is -0.674 e. The lowest BCUT2D eigenvalue weighted by atomic mass is 10.1. The predicted octanol–water partition coefficient (Wildman–Crippen LogP) is 3.26. The molecule has 0 aromatic heterocycles.